The number of imide groups is 1. The summed E-state index contributed by atoms with van der Waals surface area (Å²) in [5, 5.41) is 4.41. The number of carbonyl (C=O) groups is 2. The second-order valence-electron chi connectivity index (χ2n) is 8.27. The molecule has 3 fully saturated rings. The van der Waals surface area contributed by atoms with Crippen LogP contribution in [0.2, 0.25) is 0 Å². The van der Waals surface area contributed by atoms with E-state index in [1.54, 1.807) is 0 Å². The number of amides is 2. The Kier molecular flexibility index (Phi) is 3.93. The summed E-state index contributed by atoms with van der Waals surface area (Å²) in [4.78, 5) is 28.7. The molecule has 2 amide bonds. The van der Waals surface area contributed by atoms with Gasteiger partial charge < -0.3 is 0 Å². The first-order valence-electron chi connectivity index (χ1n) is 10.0. The molecule has 2 aromatic rings. The molecule has 0 aliphatic carbocycles. The molecule has 0 saturated carbocycles. The number of fused-ring (bicyclic) bond motifs is 3. The summed E-state index contributed by atoms with van der Waals surface area (Å²) >= 11 is 0. The Balaban J connectivity index is 1.62. The minimum absolute atomic E-state index is 0.0618. The van der Waals surface area contributed by atoms with Gasteiger partial charge >= 0.3 is 0 Å². The smallest absolute Gasteiger partial charge is 0.253 e. The molecule has 3 saturated heterocycles. The van der Waals surface area contributed by atoms with Gasteiger partial charge in [0.05, 0.1) is 17.6 Å². The molecule has 0 radical (unpaired) electrons. The lowest BCUT2D eigenvalue weighted by Crippen LogP contribution is -2.44. The Bertz CT molecular complexity index is 948. The van der Waals surface area contributed by atoms with E-state index in [0.717, 1.165) is 47.5 Å². The van der Waals surface area contributed by atoms with Crippen molar-refractivity contribution in [2.24, 2.45) is 5.92 Å². The standard InChI is InChI=1S/C23H25N3O2/c1-14-12-15(2)19(16(3)13-14)26-22(27)18-20(17-8-5-4-6-9-17)24-10-7-11-25(24)21(18)23(26)28/h4-6,8-9,12-13,18,20-21H,7,10-11H2,1-3H3/t18-,20-,21+/m1/s1. The Labute approximate surface area is 165 Å². The summed E-state index contributed by atoms with van der Waals surface area (Å²) in [6.45, 7) is 7.75. The Hall–Kier alpha value is -2.50. The third-order valence-corrected chi connectivity index (χ3v) is 6.41. The summed E-state index contributed by atoms with van der Waals surface area (Å²) in [5.74, 6) is -0.487. The number of benzene rings is 2. The second kappa shape index (κ2) is 6.26. The first-order chi connectivity index (χ1) is 13.5. The van der Waals surface area contributed by atoms with Crippen molar-refractivity contribution in [2.75, 3.05) is 18.0 Å². The molecule has 28 heavy (non-hydrogen) atoms. The van der Waals surface area contributed by atoms with Gasteiger partial charge in [0.1, 0.15) is 6.04 Å². The first kappa shape index (κ1) is 17.6. The number of aryl methyl sites for hydroxylation is 3. The monoisotopic (exact) mass is 375 g/mol. The van der Waals surface area contributed by atoms with Crippen LogP contribution in [0.4, 0.5) is 5.69 Å². The predicted molar refractivity (Wildman–Crippen MR) is 108 cm³/mol. The van der Waals surface area contributed by atoms with E-state index in [2.05, 4.69) is 22.2 Å². The van der Waals surface area contributed by atoms with Crippen LogP contribution in [-0.2, 0) is 9.59 Å². The Morgan fingerprint density at radius 3 is 2.07 bits per heavy atom. The van der Waals surface area contributed by atoms with Gasteiger partial charge in [-0.25, -0.2) is 14.9 Å². The topological polar surface area (TPSA) is 43.9 Å². The second-order valence-corrected chi connectivity index (χ2v) is 8.27. The third-order valence-electron chi connectivity index (χ3n) is 6.41. The number of hydrogen-bond donors (Lipinski definition) is 0. The van der Waals surface area contributed by atoms with E-state index >= 15 is 0 Å². The fraction of sp³-hybridized carbons (Fsp3) is 0.391. The summed E-state index contributed by atoms with van der Waals surface area (Å²) < 4.78 is 0. The van der Waals surface area contributed by atoms with Crippen LogP contribution in [0.5, 0.6) is 0 Å². The van der Waals surface area contributed by atoms with Crippen LogP contribution >= 0.6 is 0 Å². The summed E-state index contributed by atoms with van der Waals surface area (Å²) in [6.07, 6.45) is 1.02. The van der Waals surface area contributed by atoms with Gasteiger partial charge in [-0.1, -0.05) is 48.0 Å². The van der Waals surface area contributed by atoms with Gasteiger partial charge in [0.15, 0.2) is 0 Å². The first-order valence-corrected chi connectivity index (χ1v) is 10.0. The largest absolute Gasteiger partial charge is 0.274 e. The Morgan fingerprint density at radius 2 is 1.43 bits per heavy atom. The van der Waals surface area contributed by atoms with E-state index in [4.69, 9.17) is 0 Å². The van der Waals surface area contributed by atoms with Crippen molar-refractivity contribution in [1.29, 1.82) is 0 Å². The quantitative estimate of drug-likeness (QED) is 0.757. The highest BCUT2D eigenvalue weighted by Crippen LogP contribution is 2.49. The molecule has 0 bridgehead atoms. The molecule has 5 heteroatoms. The highest BCUT2D eigenvalue weighted by atomic mass is 16.2. The van der Waals surface area contributed by atoms with Crippen molar-refractivity contribution in [1.82, 2.24) is 10.0 Å². The van der Waals surface area contributed by atoms with E-state index < -0.39 is 0 Å². The normalized spacial score (nSPS) is 27.5. The van der Waals surface area contributed by atoms with Crippen LogP contribution in [0.1, 0.15) is 34.7 Å². The molecule has 144 valence electrons. The van der Waals surface area contributed by atoms with Crippen LogP contribution in [0.25, 0.3) is 0 Å². The molecule has 3 atom stereocenters. The van der Waals surface area contributed by atoms with Crippen molar-refractivity contribution in [3.63, 3.8) is 0 Å². The number of nitrogens with zero attached hydrogens (tertiary/aromatic N) is 3. The van der Waals surface area contributed by atoms with Crippen LogP contribution < -0.4 is 4.90 Å². The molecule has 3 heterocycles. The minimum Gasteiger partial charge on any atom is -0.274 e. The molecule has 5 rings (SSSR count). The summed E-state index contributed by atoms with van der Waals surface area (Å²) in [7, 11) is 0. The zero-order chi connectivity index (χ0) is 19.6. The van der Waals surface area contributed by atoms with Gasteiger partial charge in [0.25, 0.3) is 5.91 Å². The third kappa shape index (κ3) is 2.33. The van der Waals surface area contributed by atoms with E-state index in [0.29, 0.717) is 0 Å². The van der Waals surface area contributed by atoms with E-state index in [-0.39, 0.29) is 29.8 Å². The van der Waals surface area contributed by atoms with Crippen molar-refractivity contribution in [2.45, 2.75) is 39.3 Å². The number of anilines is 1. The molecule has 3 aliphatic rings. The maximum absolute atomic E-state index is 13.7. The SMILES string of the molecule is Cc1cc(C)c(N2C(=O)[C@H]3[C@@H](C2=O)N2CCCN2[C@@H]3c2ccccc2)c(C)c1. The van der Waals surface area contributed by atoms with Crippen LogP contribution in [0.3, 0.4) is 0 Å². The van der Waals surface area contributed by atoms with Gasteiger partial charge in [-0.05, 0) is 43.9 Å². The molecular weight excluding hydrogens is 350 g/mol. The predicted octanol–water partition coefficient (Wildman–Crippen LogP) is 3.15. The molecule has 0 N–H and O–H groups in total. The summed E-state index contributed by atoms with van der Waals surface area (Å²) in [6, 6.07) is 13.8. The molecule has 0 unspecified atom stereocenters. The van der Waals surface area contributed by atoms with Gasteiger partial charge in [-0.2, -0.15) is 0 Å². The minimum atomic E-state index is -0.389. The molecule has 2 aromatic carbocycles. The number of hydrogen-bond acceptors (Lipinski definition) is 4. The molecule has 0 spiro atoms. The molecule has 0 aromatic heterocycles. The van der Waals surface area contributed by atoms with Crippen LogP contribution in [-0.4, -0.2) is 41.0 Å². The Morgan fingerprint density at radius 1 is 0.821 bits per heavy atom. The van der Waals surface area contributed by atoms with Gasteiger partial charge in [-0.15, -0.1) is 0 Å². The van der Waals surface area contributed by atoms with Crippen LogP contribution in [0, 0.1) is 26.7 Å². The number of carbonyl (C=O) groups excluding carboxylic acids is 2. The number of hydrazine groups is 1. The van der Waals surface area contributed by atoms with Gasteiger partial charge in [0, 0.05) is 13.1 Å². The average molecular weight is 375 g/mol. The fourth-order valence-corrected chi connectivity index (χ4v) is 5.51. The van der Waals surface area contributed by atoms with E-state index in [1.165, 1.54) is 4.90 Å². The lowest BCUT2D eigenvalue weighted by atomic mass is 9.90. The van der Waals surface area contributed by atoms with E-state index in [9.17, 15) is 9.59 Å². The van der Waals surface area contributed by atoms with Gasteiger partial charge in [-0.3, -0.25) is 9.59 Å². The van der Waals surface area contributed by atoms with Gasteiger partial charge in [0.2, 0.25) is 5.91 Å². The molecular formula is C23H25N3O2. The fourth-order valence-electron chi connectivity index (χ4n) is 5.51. The summed E-state index contributed by atoms with van der Waals surface area (Å²) in [5.41, 5.74) is 4.99. The lowest BCUT2D eigenvalue weighted by Gasteiger charge is -2.30. The van der Waals surface area contributed by atoms with Crippen molar-refractivity contribution < 1.29 is 9.59 Å². The lowest BCUT2D eigenvalue weighted by molar-refractivity contribution is -0.126. The highest BCUT2D eigenvalue weighted by Gasteiger charge is 2.63. The molecule has 3 aliphatic heterocycles. The maximum Gasteiger partial charge on any atom is 0.253 e. The number of rotatable bonds is 2. The van der Waals surface area contributed by atoms with Crippen molar-refractivity contribution in [3.05, 3.63) is 64.7 Å². The average Bonchev–Trinajstić information content (AvgIpc) is 3.29. The van der Waals surface area contributed by atoms with Crippen molar-refractivity contribution in [3.8, 4) is 0 Å². The van der Waals surface area contributed by atoms with Crippen LogP contribution in [0.15, 0.2) is 42.5 Å². The molecule has 5 nitrogen and oxygen atoms in total. The zero-order valence-corrected chi connectivity index (χ0v) is 16.6. The van der Waals surface area contributed by atoms with E-state index in [1.807, 2.05) is 51.1 Å². The highest BCUT2D eigenvalue weighted by molar-refractivity contribution is 6.24. The maximum atomic E-state index is 13.7. The van der Waals surface area contributed by atoms with Crippen molar-refractivity contribution >= 4 is 17.5 Å². The zero-order valence-electron chi connectivity index (χ0n) is 16.6.